The molecule has 0 unspecified atom stereocenters. The van der Waals surface area contributed by atoms with Gasteiger partial charge in [0.05, 0.1) is 0 Å². The fourth-order valence-electron chi connectivity index (χ4n) is 3.85. The van der Waals surface area contributed by atoms with E-state index in [1.807, 2.05) is 12.1 Å². The van der Waals surface area contributed by atoms with Gasteiger partial charge in [0.25, 0.3) is 5.91 Å². The van der Waals surface area contributed by atoms with Gasteiger partial charge in [-0.3, -0.25) is 4.79 Å². The fraction of sp³-hybridized carbons (Fsp3) is 0.136. The SMILES string of the molecule is CN1C(=O)c2ccccc2[C@@](O)(c2ccccc2)[C@]1(O)c1ccccc1. The maximum Gasteiger partial charge on any atom is 0.256 e. The topological polar surface area (TPSA) is 60.8 Å². The summed E-state index contributed by atoms with van der Waals surface area (Å²) < 4.78 is 0. The van der Waals surface area contributed by atoms with Crippen LogP contribution in [0.15, 0.2) is 84.9 Å². The van der Waals surface area contributed by atoms with Crippen LogP contribution in [0.4, 0.5) is 0 Å². The Kier molecular flexibility index (Phi) is 3.68. The van der Waals surface area contributed by atoms with Gasteiger partial charge in [0.2, 0.25) is 5.72 Å². The lowest BCUT2D eigenvalue weighted by Crippen LogP contribution is -2.64. The minimum atomic E-state index is -1.96. The smallest absolute Gasteiger partial charge is 0.256 e. The summed E-state index contributed by atoms with van der Waals surface area (Å²) in [7, 11) is 1.51. The van der Waals surface area contributed by atoms with E-state index in [9.17, 15) is 15.0 Å². The molecule has 0 fully saturated rings. The van der Waals surface area contributed by atoms with Crippen molar-refractivity contribution in [1.82, 2.24) is 4.90 Å². The summed E-state index contributed by atoms with van der Waals surface area (Å²) in [6.07, 6.45) is 0. The summed E-state index contributed by atoms with van der Waals surface area (Å²) in [5.41, 5.74) is -2.06. The molecule has 3 aromatic rings. The number of benzene rings is 3. The number of fused-ring (bicyclic) bond motifs is 1. The third-order valence-electron chi connectivity index (χ3n) is 5.21. The normalized spacial score (nSPS) is 25.0. The molecule has 0 saturated carbocycles. The van der Waals surface area contributed by atoms with Gasteiger partial charge in [0.1, 0.15) is 0 Å². The monoisotopic (exact) mass is 345 g/mol. The van der Waals surface area contributed by atoms with Crippen molar-refractivity contribution in [3.8, 4) is 0 Å². The number of hydrogen-bond acceptors (Lipinski definition) is 3. The summed E-state index contributed by atoms with van der Waals surface area (Å²) in [5.74, 6) is -0.340. The van der Waals surface area contributed by atoms with Crippen LogP contribution in [0.5, 0.6) is 0 Å². The van der Waals surface area contributed by atoms with E-state index in [0.717, 1.165) is 0 Å². The van der Waals surface area contributed by atoms with Gasteiger partial charge < -0.3 is 15.1 Å². The highest BCUT2D eigenvalue weighted by atomic mass is 16.4. The zero-order valence-corrected chi connectivity index (χ0v) is 14.3. The van der Waals surface area contributed by atoms with Crippen LogP contribution in [-0.2, 0) is 11.3 Å². The molecule has 130 valence electrons. The Hall–Kier alpha value is -2.95. The average molecular weight is 345 g/mol. The minimum absolute atomic E-state index is 0.340. The van der Waals surface area contributed by atoms with Crippen molar-refractivity contribution in [2.75, 3.05) is 7.05 Å². The summed E-state index contributed by atoms with van der Waals surface area (Å²) in [4.78, 5) is 14.2. The van der Waals surface area contributed by atoms with E-state index in [1.165, 1.54) is 11.9 Å². The number of nitrogens with zero attached hydrogens (tertiary/aromatic N) is 1. The largest absolute Gasteiger partial charge is 0.375 e. The van der Waals surface area contributed by atoms with E-state index >= 15 is 0 Å². The molecule has 1 amide bonds. The molecule has 1 aliphatic rings. The maximum absolute atomic E-state index is 13.0. The maximum atomic E-state index is 13.0. The molecule has 0 aromatic heterocycles. The van der Waals surface area contributed by atoms with Crippen molar-refractivity contribution in [1.29, 1.82) is 0 Å². The molecule has 1 heterocycles. The third kappa shape index (κ3) is 2.00. The molecule has 4 rings (SSSR count). The van der Waals surface area contributed by atoms with E-state index < -0.39 is 11.3 Å². The van der Waals surface area contributed by atoms with Gasteiger partial charge in [-0.25, -0.2) is 0 Å². The average Bonchev–Trinajstić information content (AvgIpc) is 2.72. The zero-order chi connectivity index (χ0) is 18.4. The van der Waals surface area contributed by atoms with Gasteiger partial charge in [0, 0.05) is 23.7 Å². The molecule has 3 aromatic carbocycles. The Balaban J connectivity index is 2.11. The lowest BCUT2D eigenvalue weighted by Gasteiger charge is -2.52. The van der Waals surface area contributed by atoms with Crippen LogP contribution in [0.25, 0.3) is 0 Å². The molecular formula is C22H19NO3. The molecule has 2 N–H and O–H groups in total. The van der Waals surface area contributed by atoms with Crippen molar-refractivity contribution in [3.05, 3.63) is 107 Å². The van der Waals surface area contributed by atoms with E-state index in [2.05, 4.69) is 0 Å². The van der Waals surface area contributed by atoms with Crippen molar-refractivity contribution in [3.63, 3.8) is 0 Å². The lowest BCUT2D eigenvalue weighted by atomic mass is 9.69. The van der Waals surface area contributed by atoms with Crippen LogP contribution < -0.4 is 0 Å². The highest BCUT2D eigenvalue weighted by Crippen LogP contribution is 2.51. The Morgan fingerprint density at radius 1 is 0.731 bits per heavy atom. The Morgan fingerprint density at radius 2 is 1.23 bits per heavy atom. The number of carbonyl (C=O) groups excluding carboxylic acids is 1. The Labute approximate surface area is 152 Å². The summed E-state index contributed by atoms with van der Waals surface area (Å²) in [5, 5.41) is 23.9. The molecule has 0 bridgehead atoms. The third-order valence-corrected chi connectivity index (χ3v) is 5.21. The second-order valence-electron chi connectivity index (χ2n) is 6.52. The van der Waals surface area contributed by atoms with Crippen molar-refractivity contribution in [2.45, 2.75) is 11.3 Å². The summed E-state index contributed by atoms with van der Waals surface area (Å²) >= 11 is 0. The summed E-state index contributed by atoms with van der Waals surface area (Å²) in [6.45, 7) is 0. The van der Waals surface area contributed by atoms with Crippen LogP contribution in [0, 0.1) is 0 Å². The van der Waals surface area contributed by atoms with E-state index in [0.29, 0.717) is 22.3 Å². The first-order valence-electron chi connectivity index (χ1n) is 8.44. The number of likely N-dealkylation sites (N-methyl/N-ethyl adjacent to an activating group) is 1. The fourth-order valence-corrected chi connectivity index (χ4v) is 3.85. The number of rotatable bonds is 2. The first-order chi connectivity index (χ1) is 12.5. The van der Waals surface area contributed by atoms with Gasteiger partial charge >= 0.3 is 0 Å². The lowest BCUT2D eigenvalue weighted by molar-refractivity contribution is -0.213. The second kappa shape index (κ2) is 5.80. The van der Waals surface area contributed by atoms with Gasteiger partial charge in [0.15, 0.2) is 5.60 Å². The van der Waals surface area contributed by atoms with Gasteiger partial charge in [-0.2, -0.15) is 0 Å². The molecule has 0 radical (unpaired) electrons. The van der Waals surface area contributed by atoms with Crippen molar-refractivity contribution < 1.29 is 15.0 Å². The number of aliphatic hydroxyl groups is 2. The zero-order valence-electron chi connectivity index (χ0n) is 14.3. The molecule has 26 heavy (non-hydrogen) atoms. The van der Waals surface area contributed by atoms with Gasteiger partial charge in [-0.15, -0.1) is 0 Å². The van der Waals surface area contributed by atoms with Crippen molar-refractivity contribution in [2.24, 2.45) is 0 Å². The molecule has 4 nitrogen and oxygen atoms in total. The molecule has 0 saturated heterocycles. The van der Waals surface area contributed by atoms with Gasteiger partial charge in [-0.1, -0.05) is 78.9 Å². The summed E-state index contributed by atoms with van der Waals surface area (Å²) in [6, 6.07) is 24.7. The molecule has 0 spiro atoms. The standard InChI is InChI=1S/C22H19NO3/c1-23-20(24)18-14-8-9-15-19(18)21(25,16-10-4-2-5-11-16)22(23,26)17-12-6-3-7-13-17/h2-15,25-26H,1H3/t21-,22+/m0/s1. The quantitative estimate of drug-likeness (QED) is 0.751. The van der Waals surface area contributed by atoms with Crippen LogP contribution in [0.3, 0.4) is 0 Å². The Bertz CT molecular complexity index is 957. The highest BCUT2D eigenvalue weighted by Gasteiger charge is 2.61. The van der Waals surface area contributed by atoms with Crippen LogP contribution >= 0.6 is 0 Å². The van der Waals surface area contributed by atoms with Gasteiger partial charge in [-0.05, 0) is 11.6 Å². The molecule has 2 atom stereocenters. The minimum Gasteiger partial charge on any atom is -0.375 e. The predicted octanol–water partition coefficient (Wildman–Crippen LogP) is 2.85. The number of amides is 1. The van der Waals surface area contributed by atoms with Crippen LogP contribution in [0.2, 0.25) is 0 Å². The van der Waals surface area contributed by atoms with Crippen molar-refractivity contribution >= 4 is 5.91 Å². The first kappa shape index (κ1) is 16.5. The number of carbonyl (C=O) groups is 1. The first-order valence-corrected chi connectivity index (χ1v) is 8.44. The molecule has 0 aliphatic carbocycles. The Morgan fingerprint density at radius 3 is 1.85 bits per heavy atom. The predicted molar refractivity (Wildman–Crippen MR) is 98.3 cm³/mol. The van der Waals surface area contributed by atoms with Crippen LogP contribution in [-0.4, -0.2) is 28.1 Å². The second-order valence-corrected chi connectivity index (χ2v) is 6.52. The number of hydrogen-bond donors (Lipinski definition) is 2. The van der Waals surface area contributed by atoms with Crippen LogP contribution in [0.1, 0.15) is 27.0 Å². The molecular weight excluding hydrogens is 326 g/mol. The van der Waals surface area contributed by atoms with E-state index in [4.69, 9.17) is 0 Å². The van der Waals surface area contributed by atoms with E-state index in [-0.39, 0.29) is 5.91 Å². The highest BCUT2D eigenvalue weighted by molar-refractivity contribution is 5.98. The molecule has 1 aliphatic heterocycles. The molecule has 4 heteroatoms. The van der Waals surface area contributed by atoms with E-state index in [1.54, 1.807) is 72.8 Å².